The molecule has 1 unspecified atom stereocenters. The summed E-state index contributed by atoms with van der Waals surface area (Å²) in [6.45, 7) is 4.98. The van der Waals surface area contributed by atoms with Crippen LogP contribution in [-0.2, 0) is 20.9 Å². The van der Waals surface area contributed by atoms with Crippen molar-refractivity contribution >= 4 is 29.3 Å². The van der Waals surface area contributed by atoms with Gasteiger partial charge in [0.2, 0.25) is 17.7 Å². The van der Waals surface area contributed by atoms with Gasteiger partial charge in [0.15, 0.2) is 0 Å². The van der Waals surface area contributed by atoms with E-state index in [0.717, 1.165) is 45.6 Å². The molecular formula is C24H34N6O4. The number of anilines is 1. The average molecular weight is 471 g/mol. The van der Waals surface area contributed by atoms with Crippen LogP contribution >= 0.6 is 0 Å². The maximum atomic E-state index is 12.9. The highest BCUT2D eigenvalue weighted by Crippen LogP contribution is 2.32. The van der Waals surface area contributed by atoms with Crippen LogP contribution in [0.15, 0.2) is 18.2 Å². The second-order valence-electron chi connectivity index (χ2n) is 9.31. The molecule has 3 aliphatic heterocycles. The number of carbonyl (C=O) groups excluding carboxylic acids is 4. The Morgan fingerprint density at radius 2 is 1.91 bits per heavy atom. The van der Waals surface area contributed by atoms with Crippen molar-refractivity contribution in [1.82, 2.24) is 20.4 Å². The molecule has 0 aliphatic carbocycles. The normalized spacial score (nSPS) is 21.5. The molecule has 4 rings (SSSR count). The third-order valence-corrected chi connectivity index (χ3v) is 6.85. The van der Waals surface area contributed by atoms with Crippen LogP contribution in [0.5, 0.6) is 0 Å². The molecule has 0 spiro atoms. The number of fused-ring (bicyclic) bond motifs is 1. The van der Waals surface area contributed by atoms with E-state index in [1.807, 2.05) is 0 Å². The topological polar surface area (TPSA) is 137 Å². The minimum atomic E-state index is -0.672. The van der Waals surface area contributed by atoms with Crippen molar-refractivity contribution in [1.29, 1.82) is 0 Å². The Bertz CT molecular complexity index is 943. The summed E-state index contributed by atoms with van der Waals surface area (Å²) in [6.07, 6.45) is 3.72. The fraction of sp³-hybridized carbons (Fsp3) is 0.583. The van der Waals surface area contributed by atoms with Gasteiger partial charge in [0, 0.05) is 55.3 Å². The van der Waals surface area contributed by atoms with Crippen molar-refractivity contribution in [2.24, 2.45) is 5.73 Å². The van der Waals surface area contributed by atoms with Crippen LogP contribution in [0.2, 0.25) is 0 Å². The van der Waals surface area contributed by atoms with E-state index in [-0.39, 0.29) is 30.7 Å². The summed E-state index contributed by atoms with van der Waals surface area (Å²) in [5, 5.41) is 8.63. The molecule has 1 aromatic rings. The smallest absolute Gasteiger partial charge is 0.255 e. The van der Waals surface area contributed by atoms with Crippen molar-refractivity contribution in [2.45, 2.75) is 57.2 Å². The highest BCUT2D eigenvalue weighted by Gasteiger charge is 2.39. The minimum absolute atomic E-state index is 0.105. The second-order valence-corrected chi connectivity index (χ2v) is 9.31. The van der Waals surface area contributed by atoms with Crippen LogP contribution in [0.4, 0.5) is 5.69 Å². The molecule has 2 saturated heterocycles. The zero-order chi connectivity index (χ0) is 24.1. The van der Waals surface area contributed by atoms with Gasteiger partial charge < -0.3 is 26.2 Å². The molecule has 10 heteroatoms. The molecular weight excluding hydrogens is 436 g/mol. The van der Waals surface area contributed by atoms with Gasteiger partial charge in [0.25, 0.3) is 5.91 Å². The summed E-state index contributed by atoms with van der Waals surface area (Å²) in [6, 6.07) is 4.89. The summed E-state index contributed by atoms with van der Waals surface area (Å²) in [4.78, 5) is 53.0. The predicted molar refractivity (Wildman–Crippen MR) is 127 cm³/mol. The van der Waals surface area contributed by atoms with Crippen LogP contribution in [0.25, 0.3) is 0 Å². The molecule has 0 radical (unpaired) electrons. The lowest BCUT2D eigenvalue weighted by molar-refractivity contribution is -0.137. The number of amides is 4. The van der Waals surface area contributed by atoms with Gasteiger partial charge in [0.05, 0.1) is 0 Å². The van der Waals surface area contributed by atoms with Crippen LogP contribution < -0.4 is 21.7 Å². The SMILES string of the molecule is NC1CCN(CCNCCCC(=O)Nc2cccc3c2CN(C2CCC(=O)NC2=O)C3=O)CC1. The third-order valence-electron chi connectivity index (χ3n) is 6.85. The van der Waals surface area contributed by atoms with Crippen LogP contribution in [0.1, 0.15) is 54.4 Å². The first kappa shape index (κ1) is 24.3. The molecule has 1 aromatic carbocycles. The quantitative estimate of drug-likeness (QED) is 0.298. The first-order valence-electron chi connectivity index (χ1n) is 12.2. The number of benzene rings is 1. The molecule has 3 heterocycles. The van der Waals surface area contributed by atoms with Crippen molar-refractivity contribution in [3.8, 4) is 0 Å². The number of hydrogen-bond donors (Lipinski definition) is 4. The number of imide groups is 1. The summed E-state index contributed by atoms with van der Waals surface area (Å²) in [7, 11) is 0. The fourth-order valence-electron chi connectivity index (χ4n) is 4.83. The zero-order valence-corrected chi connectivity index (χ0v) is 19.5. The second kappa shape index (κ2) is 11.1. The lowest BCUT2D eigenvalue weighted by atomic mass is 10.0. The first-order chi connectivity index (χ1) is 16.4. The lowest BCUT2D eigenvalue weighted by Gasteiger charge is -2.30. The maximum absolute atomic E-state index is 12.9. The fourth-order valence-corrected chi connectivity index (χ4v) is 4.83. The van der Waals surface area contributed by atoms with E-state index in [4.69, 9.17) is 5.73 Å². The van der Waals surface area contributed by atoms with Gasteiger partial charge in [-0.05, 0) is 57.5 Å². The lowest BCUT2D eigenvalue weighted by Crippen LogP contribution is -2.52. The Morgan fingerprint density at radius 3 is 2.68 bits per heavy atom. The van der Waals surface area contributed by atoms with Gasteiger partial charge in [0.1, 0.15) is 6.04 Å². The molecule has 1 atom stereocenters. The molecule has 3 aliphatic rings. The van der Waals surface area contributed by atoms with E-state index < -0.39 is 11.9 Å². The largest absolute Gasteiger partial charge is 0.328 e. The monoisotopic (exact) mass is 470 g/mol. The van der Waals surface area contributed by atoms with Crippen molar-refractivity contribution in [3.63, 3.8) is 0 Å². The summed E-state index contributed by atoms with van der Waals surface area (Å²) in [5.74, 6) is -1.11. The molecule has 0 saturated carbocycles. The standard InChI is InChI=1S/C24H34N6O4/c25-16-8-12-29(13-9-16)14-11-26-10-2-5-21(31)27-19-4-1-3-17-18(19)15-30(24(17)34)20-6-7-22(32)28-23(20)33/h1,3-4,16,20,26H,2,5-15,25H2,(H,27,31)(H,28,32,33). The third kappa shape index (κ3) is 5.81. The predicted octanol–water partition coefficient (Wildman–Crippen LogP) is 0.179. The Kier molecular flexibility index (Phi) is 7.91. The van der Waals surface area contributed by atoms with Crippen LogP contribution in [0, 0.1) is 0 Å². The minimum Gasteiger partial charge on any atom is -0.328 e. The molecule has 10 nitrogen and oxygen atoms in total. The maximum Gasteiger partial charge on any atom is 0.255 e. The van der Waals surface area contributed by atoms with E-state index in [0.29, 0.717) is 42.1 Å². The van der Waals surface area contributed by atoms with Crippen LogP contribution in [0.3, 0.4) is 0 Å². The first-order valence-corrected chi connectivity index (χ1v) is 12.2. The molecule has 2 fully saturated rings. The van der Waals surface area contributed by atoms with E-state index in [1.54, 1.807) is 18.2 Å². The number of hydrogen-bond acceptors (Lipinski definition) is 7. The Balaban J connectivity index is 1.22. The average Bonchev–Trinajstić information content (AvgIpc) is 3.15. The van der Waals surface area contributed by atoms with Crippen molar-refractivity contribution in [2.75, 3.05) is 38.0 Å². The Morgan fingerprint density at radius 1 is 1.12 bits per heavy atom. The molecule has 0 bridgehead atoms. The van der Waals surface area contributed by atoms with Gasteiger partial charge in [-0.1, -0.05) is 6.07 Å². The molecule has 4 amide bonds. The van der Waals surface area contributed by atoms with Crippen molar-refractivity contribution in [3.05, 3.63) is 29.3 Å². The Labute approximate surface area is 199 Å². The van der Waals surface area contributed by atoms with Gasteiger partial charge in [-0.25, -0.2) is 0 Å². The molecule has 184 valence electrons. The number of nitrogens with two attached hydrogens (primary N) is 1. The highest BCUT2D eigenvalue weighted by molar-refractivity contribution is 6.06. The summed E-state index contributed by atoms with van der Waals surface area (Å²) < 4.78 is 0. The van der Waals surface area contributed by atoms with Gasteiger partial charge in [-0.2, -0.15) is 0 Å². The van der Waals surface area contributed by atoms with E-state index >= 15 is 0 Å². The molecule has 34 heavy (non-hydrogen) atoms. The number of nitrogens with one attached hydrogen (secondary N) is 3. The number of carbonyl (C=O) groups is 4. The van der Waals surface area contributed by atoms with E-state index in [1.165, 1.54) is 4.90 Å². The molecule has 5 N–H and O–H groups in total. The van der Waals surface area contributed by atoms with Gasteiger partial charge in [-0.15, -0.1) is 0 Å². The van der Waals surface area contributed by atoms with Gasteiger partial charge in [-0.3, -0.25) is 24.5 Å². The molecule has 0 aromatic heterocycles. The van der Waals surface area contributed by atoms with Crippen molar-refractivity contribution < 1.29 is 19.2 Å². The summed E-state index contributed by atoms with van der Waals surface area (Å²) >= 11 is 0. The summed E-state index contributed by atoms with van der Waals surface area (Å²) in [5.41, 5.74) is 7.74. The van der Waals surface area contributed by atoms with Gasteiger partial charge >= 0.3 is 0 Å². The number of piperidine rings is 2. The number of nitrogens with zero attached hydrogens (tertiary/aromatic N) is 2. The Hall–Kier alpha value is -2.82. The van der Waals surface area contributed by atoms with E-state index in [9.17, 15) is 19.2 Å². The number of likely N-dealkylation sites (tertiary alicyclic amines) is 1. The van der Waals surface area contributed by atoms with Crippen LogP contribution in [-0.4, -0.2) is 78.2 Å². The number of rotatable bonds is 9. The van der Waals surface area contributed by atoms with E-state index in [2.05, 4.69) is 20.9 Å². The highest BCUT2D eigenvalue weighted by atomic mass is 16.2. The zero-order valence-electron chi connectivity index (χ0n) is 19.5.